The summed E-state index contributed by atoms with van der Waals surface area (Å²) < 4.78 is 39.2. The molecule has 0 fully saturated rings. The van der Waals surface area contributed by atoms with Crippen LogP contribution in [0, 0.1) is 0 Å². The summed E-state index contributed by atoms with van der Waals surface area (Å²) in [4.78, 5) is 11.8. The van der Waals surface area contributed by atoms with Gasteiger partial charge in [-0.1, -0.05) is 12.1 Å². The van der Waals surface area contributed by atoms with E-state index in [-0.39, 0.29) is 12.1 Å². The highest BCUT2D eigenvalue weighted by Crippen LogP contribution is 2.29. The zero-order chi connectivity index (χ0) is 17.7. The van der Waals surface area contributed by atoms with E-state index in [1.807, 2.05) is 0 Å². The molecule has 0 bridgehead atoms. The molecule has 130 valence electrons. The maximum Gasteiger partial charge on any atom is 0.416 e. The van der Waals surface area contributed by atoms with Crippen LogP contribution in [0.15, 0.2) is 36.7 Å². The number of halogens is 3. The van der Waals surface area contributed by atoms with Gasteiger partial charge in [-0.05, 0) is 31.0 Å². The third kappa shape index (κ3) is 5.29. The second-order valence-corrected chi connectivity index (χ2v) is 5.65. The first kappa shape index (κ1) is 17.8. The Bertz CT molecular complexity index is 679. The summed E-state index contributed by atoms with van der Waals surface area (Å²) in [5.74, 6) is 0. The van der Waals surface area contributed by atoms with Gasteiger partial charge in [0.1, 0.15) is 0 Å². The Balaban J connectivity index is 1.79. The number of benzene rings is 1. The lowest BCUT2D eigenvalue weighted by molar-refractivity contribution is -0.137. The summed E-state index contributed by atoms with van der Waals surface area (Å²) in [6.45, 7) is 2.15. The van der Waals surface area contributed by atoms with Crippen molar-refractivity contribution in [3.8, 4) is 0 Å². The molecule has 0 unspecified atom stereocenters. The molecule has 0 radical (unpaired) electrons. The SMILES string of the molecule is C[C@@H](Cc1ccc(C(F)(F)F)cc1)NC(=O)NCc1cnn(C)c1. The number of rotatable bonds is 5. The second-order valence-electron chi connectivity index (χ2n) is 5.65. The van der Waals surface area contributed by atoms with E-state index in [2.05, 4.69) is 15.7 Å². The number of carbonyl (C=O) groups is 1. The number of hydrogen-bond acceptors (Lipinski definition) is 2. The molecule has 0 spiro atoms. The Kier molecular flexibility index (Phi) is 5.48. The molecule has 0 saturated carbocycles. The van der Waals surface area contributed by atoms with Crippen molar-refractivity contribution in [2.75, 3.05) is 0 Å². The molecule has 2 aromatic rings. The molecule has 0 saturated heterocycles. The minimum atomic E-state index is -4.34. The number of hydrogen-bond donors (Lipinski definition) is 2. The van der Waals surface area contributed by atoms with Gasteiger partial charge >= 0.3 is 12.2 Å². The van der Waals surface area contributed by atoms with Crippen LogP contribution in [0.1, 0.15) is 23.6 Å². The number of aryl methyl sites for hydroxylation is 1. The number of urea groups is 1. The molecule has 24 heavy (non-hydrogen) atoms. The monoisotopic (exact) mass is 340 g/mol. The Morgan fingerprint density at radius 2 is 1.92 bits per heavy atom. The zero-order valence-electron chi connectivity index (χ0n) is 13.4. The van der Waals surface area contributed by atoms with E-state index in [0.717, 1.165) is 23.3 Å². The van der Waals surface area contributed by atoms with Crippen LogP contribution in [0.5, 0.6) is 0 Å². The Morgan fingerprint density at radius 1 is 1.25 bits per heavy atom. The standard InChI is InChI=1S/C16H19F3N4O/c1-11(7-12-3-5-14(6-4-12)16(17,18)19)22-15(24)20-8-13-9-21-23(2)10-13/h3-6,9-11H,7-8H2,1-2H3,(H2,20,22,24)/t11-/m0/s1. The predicted molar refractivity (Wildman–Crippen MR) is 83.2 cm³/mol. The second kappa shape index (κ2) is 7.37. The van der Waals surface area contributed by atoms with Gasteiger partial charge in [0.05, 0.1) is 11.8 Å². The number of alkyl halides is 3. The van der Waals surface area contributed by atoms with Crippen molar-refractivity contribution in [2.24, 2.45) is 7.05 Å². The highest BCUT2D eigenvalue weighted by molar-refractivity contribution is 5.74. The molecule has 2 N–H and O–H groups in total. The molecule has 2 rings (SSSR count). The Hall–Kier alpha value is -2.51. The van der Waals surface area contributed by atoms with E-state index in [0.29, 0.717) is 13.0 Å². The molecule has 8 heteroatoms. The minimum absolute atomic E-state index is 0.212. The lowest BCUT2D eigenvalue weighted by atomic mass is 10.1. The smallest absolute Gasteiger partial charge is 0.335 e. The van der Waals surface area contributed by atoms with Gasteiger partial charge in [0.25, 0.3) is 0 Å². The van der Waals surface area contributed by atoms with Gasteiger partial charge in [0.15, 0.2) is 0 Å². The van der Waals surface area contributed by atoms with Gasteiger partial charge in [-0.2, -0.15) is 18.3 Å². The van der Waals surface area contributed by atoms with Crippen molar-refractivity contribution < 1.29 is 18.0 Å². The van der Waals surface area contributed by atoms with Gasteiger partial charge < -0.3 is 10.6 Å². The summed E-state index contributed by atoms with van der Waals surface area (Å²) in [6.07, 6.45) is -0.440. The number of nitrogens with zero attached hydrogens (tertiary/aromatic N) is 2. The van der Waals surface area contributed by atoms with Gasteiger partial charge in [0.2, 0.25) is 0 Å². The average Bonchev–Trinajstić information content (AvgIpc) is 2.90. The largest absolute Gasteiger partial charge is 0.416 e. The van der Waals surface area contributed by atoms with Crippen molar-refractivity contribution in [1.82, 2.24) is 20.4 Å². The van der Waals surface area contributed by atoms with Crippen LogP contribution in [0.25, 0.3) is 0 Å². The summed E-state index contributed by atoms with van der Waals surface area (Å²) in [5, 5.41) is 9.46. The van der Waals surface area contributed by atoms with Crippen LogP contribution in [0.3, 0.4) is 0 Å². The fourth-order valence-electron chi connectivity index (χ4n) is 2.25. The van der Waals surface area contributed by atoms with Crippen molar-refractivity contribution >= 4 is 6.03 Å². The van der Waals surface area contributed by atoms with Crippen LogP contribution >= 0.6 is 0 Å². The quantitative estimate of drug-likeness (QED) is 0.879. The zero-order valence-corrected chi connectivity index (χ0v) is 13.4. The van der Waals surface area contributed by atoms with Crippen LogP contribution in [0.4, 0.5) is 18.0 Å². The lowest BCUT2D eigenvalue weighted by Crippen LogP contribution is -2.41. The maximum absolute atomic E-state index is 12.5. The predicted octanol–water partition coefficient (Wildman–Crippen LogP) is 2.87. The van der Waals surface area contributed by atoms with Gasteiger partial charge in [0, 0.05) is 31.4 Å². The average molecular weight is 340 g/mol. The number of nitrogens with one attached hydrogen (secondary N) is 2. The first-order valence-corrected chi connectivity index (χ1v) is 7.42. The molecule has 0 aliphatic heterocycles. The van der Waals surface area contributed by atoms with Gasteiger partial charge in [-0.25, -0.2) is 4.79 Å². The third-order valence-electron chi connectivity index (χ3n) is 3.41. The lowest BCUT2D eigenvalue weighted by Gasteiger charge is -2.15. The minimum Gasteiger partial charge on any atom is -0.335 e. The maximum atomic E-state index is 12.5. The van der Waals surface area contributed by atoms with Crippen LogP contribution in [-0.4, -0.2) is 21.9 Å². The summed E-state index contributed by atoms with van der Waals surface area (Å²) in [7, 11) is 1.79. The summed E-state index contributed by atoms with van der Waals surface area (Å²) in [6, 6.07) is 4.40. The summed E-state index contributed by atoms with van der Waals surface area (Å²) in [5.41, 5.74) is 0.923. The van der Waals surface area contributed by atoms with E-state index in [1.165, 1.54) is 12.1 Å². The molecule has 5 nitrogen and oxygen atoms in total. The van der Waals surface area contributed by atoms with E-state index >= 15 is 0 Å². The molecule has 2 amide bonds. The highest BCUT2D eigenvalue weighted by Gasteiger charge is 2.29. The van der Waals surface area contributed by atoms with E-state index in [4.69, 9.17) is 0 Å². The topological polar surface area (TPSA) is 59.0 Å². The molecular formula is C16H19F3N4O. The van der Waals surface area contributed by atoms with E-state index in [9.17, 15) is 18.0 Å². The van der Waals surface area contributed by atoms with Crippen molar-refractivity contribution in [3.05, 3.63) is 53.3 Å². The van der Waals surface area contributed by atoms with Crippen LogP contribution < -0.4 is 10.6 Å². The van der Waals surface area contributed by atoms with Crippen molar-refractivity contribution in [3.63, 3.8) is 0 Å². The fraction of sp³-hybridized carbons (Fsp3) is 0.375. The van der Waals surface area contributed by atoms with Crippen molar-refractivity contribution in [2.45, 2.75) is 32.1 Å². The molecular weight excluding hydrogens is 321 g/mol. The van der Waals surface area contributed by atoms with Crippen LogP contribution in [0.2, 0.25) is 0 Å². The number of amides is 2. The van der Waals surface area contributed by atoms with Crippen molar-refractivity contribution in [1.29, 1.82) is 0 Å². The van der Waals surface area contributed by atoms with E-state index in [1.54, 1.807) is 31.0 Å². The normalized spacial score (nSPS) is 12.7. The molecule has 1 atom stereocenters. The highest BCUT2D eigenvalue weighted by atomic mass is 19.4. The number of carbonyl (C=O) groups excluding carboxylic acids is 1. The van der Waals surface area contributed by atoms with Crippen LogP contribution in [-0.2, 0) is 26.2 Å². The first-order chi connectivity index (χ1) is 11.2. The third-order valence-corrected chi connectivity index (χ3v) is 3.41. The first-order valence-electron chi connectivity index (χ1n) is 7.42. The molecule has 0 aliphatic carbocycles. The van der Waals surface area contributed by atoms with E-state index < -0.39 is 11.7 Å². The fourth-order valence-corrected chi connectivity index (χ4v) is 2.25. The molecule has 1 aromatic heterocycles. The van der Waals surface area contributed by atoms with Gasteiger partial charge in [-0.3, -0.25) is 4.68 Å². The molecule has 0 aliphatic rings. The molecule has 1 aromatic carbocycles. The van der Waals surface area contributed by atoms with Gasteiger partial charge in [-0.15, -0.1) is 0 Å². The molecule has 1 heterocycles. The Labute approximate surface area is 137 Å². The Morgan fingerprint density at radius 3 is 2.46 bits per heavy atom. The number of aromatic nitrogens is 2. The summed E-state index contributed by atoms with van der Waals surface area (Å²) >= 11 is 0.